The average molecular weight is 346 g/mol. The van der Waals surface area contributed by atoms with Gasteiger partial charge in [0.2, 0.25) is 0 Å². The highest BCUT2D eigenvalue weighted by molar-refractivity contribution is 5.78. The van der Waals surface area contributed by atoms with Crippen molar-refractivity contribution in [1.29, 1.82) is 0 Å². The quantitative estimate of drug-likeness (QED) is 0.705. The summed E-state index contributed by atoms with van der Waals surface area (Å²) in [6.07, 6.45) is 4.20. The summed E-state index contributed by atoms with van der Waals surface area (Å²) in [7, 11) is 0. The van der Waals surface area contributed by atoms with E-state index in [1.807, 2.05) is 61.5 Å². The maximum atomic E-state index is 12.2. The number of nitrogens with zero attached hydrogens (tertiary/aromatic N) is 1. The number of rotatable bonds is 7. The molecule has 3 rings (SSSR count). The predicted octanol–water partition coefficient (Wildman–Crippen LogP) is 3.93. The molecule has 3 aromatic rings. The lowest BCUT2D eigenvalue weighted by atomic mass is 10.0. The third-order valence-electron chi connectivity index (χ3n) is 4.15. The van der Waals surface area contributed by atoms with E-state index < -0.39 is 0 Å². The van der Waals surface area contributed by atoms with Crippen LogP contribution in [-0.4, -0.2) is 17.5 Å². The maximum Gasteiger partial charge on any atom is 0.258 e. The highest BCUT2D eigenvalue weighted by atomic mass is 16.5. The van der Waals surface area contributed by atoms with Gasteiger partial charge in [0.05, 0.1) is 6.04 Å². The molecule has 0 saturated carbocycles. The van der Waals surface area contributed by atoms with Crippen LogP contribution < -0.4 is 10.1 Å². The van der Waals surface area contributed by atoms with Gasteiger partial charge in [-0.1, -0.05) is 48.5 Å². The minimum atomic E-state index is -0.149. The first kappa shape index (κ1) is 17.7. The number of pyridine rings is 1. The molecule has 1 heterocycles. The largest absolute Gasteiger partial charge is 0.483 e. The fourth-order valence-corrected chi connectivity index (χ4v) is 2.77. The van der Waals surface area contributed by atoms with Crippen molar-refractivity contribution in [1.82, 2.24) is 10.3 Å². The van der Waals surface area contributed by atoms with Crippen molar-refractivity contribution in [2.24, 2.45) is 0 Å². The van der Waals surface area contributed by atoms with E-state index in [0.29, 0.717) is 0 Å². The Kier molecular flexibility index (Phi) is 5.99. The Morgan fingerprint density at radius 2 is 1.69 bits per heavy atom. The summed E-state index contributed by atoms with van der Waals surface area (Å²) in [5.41, 5.74) is 3.28. The number of para-hydroxylation sites is 1. The van der Waals surface area contributed by atoms with Gasteiger partial charge in [0.25, 0.3) is 5.91 Å². The Hall–Kier alpha value is -3.14. The van der Waals surface area contributed by atoms with E-state index in [1.54, 1.807) is 12.4 Å². The van der Waals surface area contributed by atoms with Crippen LogP contribution in [0, 0.1) is 0 Å². The van der Waals surface area contributed by atoms with Crippen LogP contribution in [0.4, 0.5) is 0 Å². The summed E-state index contributed by atoms with van der Waals surface area (Å²) < 4.78 is 5.78. The Labute approximate surface area is 153 Å². The SMILES string of the molecule is CC(NC(=O)COc1ccccc1Cc1ccccc1)c1ccncc1. The second kappa shape index (κ2) is 8.81. The van der Waals surface area contributed by atoms with E-state index in [-0.39, 0.29) is 18.6 Å². The molecule has 0 fully saturated rings. The second-order valence-electron chi connectivity index (χ2n) is 6.13. The molecule has 0 aliphatic rings. The van der Waals surface area contributed by atoms with E-state index in [0.717, 1.165) is 23.3 Å². The van der Waals surface area contributed by atoms with Gasteiger partial charge in [0.1, 0.15) is 5.75 Å². The van der Waals surface area contributed by atoms with Crippen LogP contribution in [0.2, 0.25) is 0 Å². The monoisotopic (exact) mass is 346 g/mol. The van der Waals surface area contributed by atoms with E-state index in [9.17, 15) is 4.79 Å². The number of amides is 1. The standard InChI is InChI=1S/C22H22N2O2/c1-17(19-11-13-23-14-12-19)24-22(25)16-26-21-10-6-5-9-20(21)15-18-7-3-2-4-8-18/h2-14,17H,15-16H2,1H3,(H,24,25). The van der Waals surface area contributed by atoms with E-state index in [1.165, 1.54) is 5.56 Å². The lowest BCUT2D eigenvalue weighted by Gasteiger charge is -2.15. The summed E-state index contributed by atoms with van der Waals surface area (Å²) in [4.78, 5) is 16.2. The van der Waals surface area contributed by atoms with Crippen molar-refractivity contribution in [3.63, 3.8) is 0 Å². The first-order valence-electron chi connectivity index (χ1n) is 8.66. The number of ether oxygens (including phenoxy) is 1. The molecule has 4 heteroatoms. The van der Waals surface area contributed by atoms with Gasteiger partial charge >= 0.3 is 0 Å². The van der Waals surface area contributed by atoms with E-state index in [4.69, 9.17) is 4.74 Å². The normalized spacial score (nSPS) is 11.6. The molecule has 1 atom stereocenters. The van der Waals surface area contributed by atoms with Gasteiger partial charge in [0, 0.05) is 18.8 Å². The van der Waals surface area contributed by atoms with Crippen molar-refractivity contribution in [3.8, 4) is 5.75 Å². The zero-order chi connectivity index (χ0) is 18.2. The number of carbonyl (C=O) groups excluding carboxylic acids is 1. The molecule has 0 saturated heterocycles. The van der Waals surface area contributed by atoms with Gasteiger partial charge in [-0.3, -0.25) is 9.78 Å². The van der Waals surface area contributed by atoms with Crippen molar-refractivity contribution < 1.29 is 9.53 Å². The van der Waals surface area contributed by atoms with Crippen LogP contribution >= 0.6 is 0 Å². The fourth-order valence-electron chi connectivity index (χ4n) is 2.77. The van der Waals surface area contributed by atoms with Gasteiger partial charge in [-0.25, -0.2) is 0 Å². The summed E-state index contributed by atoms with van der Waals surface area (Å²) in [5.74, 6) is 0.590. The fraction of sp³-hybridized carbons (Fsp3) is 0.182. The van der Waals surface area contributed by atoms with E-state index >= 15 is 0 Å². The molecule has 0 spiro atoms. The Balaban J connectivity index is 1.58. The summed E-state index contributed by atoms with van der Waals surface area (Å²) in [5, 5.41) is 2.94. The van der Waals surface area contributed by atoms with Gasteiger partial charge < -0.3 is 10.1 Å². The molecular formula is C22H22N2O2. The van der Waals surface area contributed by atoms with Crippen molar-refractivity contribution >= 4 is 5.91 Å². The molecule has 1 amide bonds. The zero-order valence-electron chi connectivity index (χ0n) is 14.8. The molecule has 4 nitrogen and oxygen atoms in total. The molecule has 2 aromatic carbocycles. The van der Waals surface area contributed by atoms with Crippen LogP contribution in [0.3, 0.4) is 0 Å². The first-order chi connectivity index (χ1) is 12.7. The Morgan fingerprint density at radius 1 is 1.00 bits per heavy atom. The minimum absolute atomic E-state index is 0.0127. The van der Waals surface area contributed by atoms with Crippen LogP contribution in [0.1, 0.15) is 29.7 Å². The third-order valence-corrected chi connectivity index (χ3v) is 4.15. The highest BCUT2D eigenvalue weighted by Gasteiger charge is 2.11. The van der Waals surface area contributed by atoms with Gasteiger partial charge in [-0.2, -0.15) is 0 Å². The summed E-state index contributed by atoms with van der Waals surface area (Å²) in [6, 6.07) is 21.7. The zero-order valence-corrected chi connectivity index (χ0v) is 14.8. The highest BCUT2D eigenvalue weighted by Crippen LogP contribution is 2.21. The van der Waals surface area contributed by atoms with Crippen molar-refractivity contribution in [2.75, 3.05) is 6.61 Å². The molecule has 0 radical (unpaired) electrons. The van der Waals surface area contributed by atoms with Gasteiger partial charge in [-0.15, -0.1) is 0 Å². The number of hydrogen-bond acceptors (Lipinski definition) is 3. The molecule has 0 aliphatic heterocycles. The number of hydrogen-bond donors (Lipinski definition) is 1. The molecule has 0 aliphatic carbocycles. The Morgan fingerprint density at radius 3 is 2.46 bits per heavy atom. The molecule has 1 unspecified atom stereocenters. The van der Waals surface area contributed by atoms with Crippen LogP contribution in [0.5, 0.6) is 5.75 Å². The van der Waals surface area contributed by atoms with Crippen LogP contribution in [0.25, 0.3) is 0 Å². The van der Waals surface area contributed by atoms with Crippen LogP contribution in [-0.2, 0) is 11.2 Å². The smallest absolute Gasteiger partial charge is 0.258 e. The molecule has 1 aromatic heterocycles. The van der Waals surface area contributed by atoms with Crippen LogP contribution in [0.15, 0.2) is 79.1 Å². The average Bonchev–Trinajstić information content (AvgIpc) is 2.69. The minimum Gasteiger partial charge on any atom is -0.483 e. The molecule has 132 valence electrons. The number of carbonyl (C=O) groups is 1. The first-order valence-corrected chi connectivity index (χ1v) is 8.66. The number of aromatic nitrogens is 1. The maximum absolute atomic E-state index is 12.2. The molecule has 26 heavy (non-hydrogen) atoms. The summed E-state index contributed by atoms with van der Waals surface area (Å²) >= 11 is 0. The Bertz CT molecular complexity index is 835. The van der Waals surface area contributed by atoms with Gasteiger partial charge in [0.15, 0.2) is 6.61 Å². The summed E-state index contributed by atoms with van der Waals surface area (Å²) in [6.45, 7) is 1.93. The number of benzene rings is 2. The third kappa shape index (κ3) is 4.93. The van der Waals surface area contributed by atoms with Crippen molar-refractivity contribution in [2.45, 2.75) is 19.4 Å². The second-order valence-corrected chi connectivity index (χ2v) is 6.13. The number of nitrogens with one attached hydrogen (secondary N) is 1. The topological polar surface area (TPSA) is 51.2 Å². The molecule has 0 bridgehead atoms. The predicted molar refractivity (Wildman–Crippen MR) is 102 cm³/mol. The van der Waals surface area contributed by atoms with Gasteiger partial charge in [-0.05, 0) is 41.8 Å². The molecular weight excluding hydrogens is 324 g/mol. The van der Waals surface area contributed by atoms with Crippen molar-refractivity contribution in [3.05, 3.63) is 95.8 Å². The lowest BCUT2D eigenvalue weighted by Crippen LogP contribution is -2.31. The lowest BCUT2D eigenvalue weighted by molar-refractivity contribution is -0.123. The van der Waals surface area contributed by atoms with E-state index in [2.05, 4.69) is 22.4 Å². The molecule has 1 N–H and O–H groups in total.